The number of hydrogen-bond acceptors (Lipinski definition) is 2. The number of carboxylic acid groups (broad SMARTS) is 1. The van der Waals surface area contributed by atoms with E-state index in [0.717, 1.165) is 6.07 Å². The van der Waals surface area contributed by atoms with Crippen LogP contribution in [0, 0.1) is 17.6 Å². The molecule has 5 heteroatoms. The second kappa shape index (κ2) is 5.91. The first-order valence-corrected chi connectivity index (χ1v) is 5.77. The lowest BCUT2D eigenvalue weighted by molar-refractivity contribution is -0.140. The van der Waals surface area contributed by atoms with Gasteiger partial charge >= 0.3 is 5.97 Å². The highest BCUT2D eigenvalue weighted by atomic mass is 19.2. The molecule has 0 saturated carbocycles. The van der Waals surface area contributed by atoms with E-state index in [2.05, 4.69) is 5.32 Å². The number of benzene rings is 1. The van der Waals surface area contributed by atoms with Gasteiger partial charge in [0.1, 0.15) is 6.04 Å². The molecule has 0 spiro atoms. The molecule has 0 heterocycles. The summed E-state index contributed by atoms with van der Waals surface area (Å²) in [7, 11) is 0. The van der Waals surface area contributed by atoms with Crippen LogP contribution in [-0.4, -0.2) is 17.1 Å². The Morgan fingerprint density at radius 2 is 1.89 bits per heavy atom. The highest BCUT2D eigenvalue weighted by molar-refractivity contribution is 5.73. The summed E-state index contributed by atoms with van der Waals surface area (Å²) in [6, 6.07) is 2.49. The quantitative estimate of drug-likeness (QED) is 0.852. The summed E-state index contributed by atoms with van der Waals surface area (Å²) in [6.45, 7) is 5.11. The molecular formula is C13H17F2NO2. The Morgan fingerprint density at radius 1 is 1.28 bits per heavy atom. The van der Waals surface area contributed by atoms with Crippen molar-refractivity contribution in [1.29, 1.82) is 0 Å². The molecule has 1 aromatic carbocycles. The van der Waals surface area contributed by atoms with E-state index in [1.54, 1.807) is 20.8 Å². The Morgan fingerprint density at radius 3 is 2.39 bits per heavy atom. The predicted molar refractivity (Wildman–Crippen MR) is 64.2 cm³/mol. The SMILES string of the molecule is CC(NC(C(=O)O)C(C)C)c1cccc(F)c1F. The van der Waals surface area contributed by atoms with Crippen molar-refractivity contribution in [3.05, 3.63) is 35.4 Å². The van der Waals surface area contributed by atoms with Gasteiger partial charge < -0.3 is 5.11 Å². The molecule has 0 radical (unpaired) electrons. The third kappa shape index (κ3) is 3.26. The van der Waals surface area contributed by atoms with Crippen LogP contribution in [0.5, 0.6) is 0 Å². The van der Waals surface area contributed by atoms with E-state index < -0.39 is 29.7 Å². The number of carboxylic acids is 1. The molecule has 1 rings (SSSR count). The van der Waals surface area contributed by atoms with E-state index in [1.807, 2.05) is 0 Å². The van der Waals surface area contributed by atoms with Gasteiger partial charge in [-0.2, -0.15) is 0 Å². The Balaban J connectivity index is 2.90. The number of carbonyl (C=O) groups is 1. The molecule has 0 fully saturated rings. The molecule has 0 aromatic heterocycles. The molecule has 0 amide bonds. The van der Waals surface area contributed by atoms with Crippen molar-refractivity contribution in [3.63, 3.8) is 0 Å². The highest BCUT2D eigenvalue weighted by Crippen LogP contribution is 2.20. The summed E-state index contributed by atoms with van der Waals surface area (Å²) < 4.78 is 26.6. The van der Waals surface area contributed by atoms with Crippen molar-refractivity contribution in [1.82, 2.24) is 5.32 Å². The van der Waals surface area contributed by atoms with Crippen LogP contribution in [-0.2, 0) is 4.79 Å². The molecule has 18 heavy (non-hydrogen) atoms. The van der Waals surface area contributed by atoms with Gasteiger partial charge in [-0.1, -0.05) is 26.0 Å². The van der Waals surface area contributed by atoms with Gasteiger partial charge in [-0.15, -0.1) is 0 Å². The van der Waals surface area contributed by atoms with Crippen LogP contribution in [0.4, 0.5) is 8.78 Å². The Kier molecular flexibility index (Phi) is 4.78. The molecule has 0 aliphatic carbocycles. The number of halogens is 2. The third-order valence-electron chi connectivity index (χ3n) is 2.81. The summed E-state index contributed by atoms with van der Waals surface area (Å²) >= 11 is 0. The van der Waals surface area contributed by atoms with Crippen LogP contribution >= 0.6 is 0 Å². The van der Waals surface area contributed by atoms with Crippen molar-refractivity contribution in [2.45, 2.75) is 32.9 Å². The van der Waals surface area contributed by atoms with Gasteiger partial charge in [-0.25, -0.2) is 8.78 Å². The summed E-state index contributed by atoms with van der Waals surface area (Å²) in [4.78, 5) is 11.0. The Bertz CT molecular complexity index is 435. The normalized spacial score (nSPS) is 14.6. The number of rotatable bonds is 5. The fourth-order valence-electron chi connectivity index (χ4n) is 1.76. The lowest BCUT2D eigenvalue weighted by Gasteiger charge is -2.23. The van der Waals surface area contributed by atoms with Crippen LogP contribution in [0.25, 0.3) is 0 Å². The molecule has 100 valence electrons. The molecule has 0 bridgehead atoms. The van der Waals surface area contributed by atoms with E-state index >= 15 is 0 Å². The molecular weight excluding hydrogens is 240 g/mol. The van der Waals surface area contributed by atoms with Crippen molar-refractivity contribution in [2.24, 2.45) is 5.92 Å². The fraction of sp³-hybridized carbons (Fsp3) is 0.462. The summed E-state index contributed by atoms with van der Waals surface area (Å²) in [5.74, 6) is -3.03. The van der Waals surface area contributed by atoms with E-state index in [1.165, 1.54) is 12.1 Å². The van der Waals surface area contributed by atoms with Crippen molar-refractivity contribution in [2.75, 3.05) is 0 Å². The number of nitrogens with one attached hydrogen (secondary N) is 1. The third-order valence-corrected chi connectivity index (χ3v) is 2.81. The molecule has 1 aromatic rings. The average molecular weight is 257 g/mol. The minimum absolute atomic E-state index is 0.127. The van der Waals surface area contributed by atoms with Gasteiger partial charge in [-0.05, 0) is 18.9 Å². The molecule has 2 unspecified atom stereocenters. The first kappa shape index (κ1) is 14.6. The lowest BCUT2D eigenvalue weighted by Crippen LogP contribution is -2.42. The van der Waals surface area contributed by atoms with Crippen LogP contribution < -0.4 is 5.32 Å². The summed E-state index contributed by atoms with van der Waals surface area (Å²) in [5.41, 5.74) is 0.127. The van der Waals surface area contributed by atoms with Crippen LogP contribution in [0.3, 0.4) is 0 Å². The van der Waals surface area contributed by atoms with Gasteiger partial charge in [0.25, 0.3) is 0 Å². The van der Waals surface area contributed by atoms with Crippen molar-refractivity contribution >= 4 is 5.97 Å². The Hall–Kier alpha value is -1.49. The average Bonchev–Trinajstić information content (AvgIpc) is 2.28. The van der Waals surface area contributed by atoms with Crippen LogP contribution in [0.2, 0.25) is 0 Å². The molecule has 0 saturated heterocycles. The predicted octanol–water partition coefficient (Wildman–Crippen LogP) is 2.72. The Labute approximate surface area is 105 Å². The maximum atomic E-state index is 13.5. The molecule has 0 aliphatic rings. The molecule has 0 aliphatic heterocycles. The molecule has 2 N–H and O–H groups in total. The molecule has 2 atom stereocenters. The van der Waals surface area contributed by atoms with Crippen LogP contribution in [0.1, 0.15) is 32.4 Å². The maximum absolute atomic E-state index is 13.5. The maximum Gasteiger partial charge on any atom is 0.320 e. The largest absolute Gasteiger partial charge is 0.480 e. The van der Waals surface area contributed by atoms with E-state index in [9.17, 15) is 13.6 Å². The second-order valence-electron chi connectivity index (χ2n) is 4.59. The van der Waals surface area contributed by atoms with Gasteiger partial charge in [0.15, 0.2) is 11.6 Å². The smallest absolute Gasteiger partial charge is 0.320 e. The van der Waals surface area contributed by atoms with Gasteiger partial charge in [0.2, 0.25) is 0 Å². The highest BCUT2D eigenvalue weighted by Gasteiger charge is 2.25. The number of hydrogen-bond donors (Lipinski definition) is 2. The van der Waals surface area contributed by atoms with E-state index in [-0.39, 0.29) is 11.5 Å². The minimum Gasteiger partial charge on any atom is -0.480 e. The van der Waals surface area contributed by atoms with E-state index in [4.69, 9.17) is 5.11 Å². The fourth-order valence-corrected chi connectivity index (χ4v) is 1.76. The van der Waals surface area contributed by atoms with Gasteiger partial charge in [0, 0.05) is 11.6 Å². The van der Waals surface area contributed by atoms with E-state index in [0.29, 0.717) is 0 Å². The second-order valence-corrected chi connectivity index (χ2v) is 4.59. The van der Waals surface area contributed by atoms with Crippen molar-refractivity contribution < 1.29 is 18.7 Å². The topological polar surface area (TPSA) is 49.3 Å². The zero-order valence-electron chi connectivity index (χ0n) is 10.6. The first-order valence-electron chi connectivity index (χ1n) is 5.77. The molecule has 3 nitrogen and oxygen atoms in total. The summed E-state index contributed by atoms with van der Waals surface area (Å²) in [5, 5.41) is 11.8. The standard InChI is InChI=1S/C13H17F2NO2/c1-7(2)12(13(17)18)16-8(3)9-5-4-6-10(14)11(9)15/h4-8,12,16H,1-3H3,(H,17,18). The van der Waals surface area contributed by atoms with Crippen LogP contribution in [0.15, 0.2) is 18.2 Å². The zero-order valence-corrected chi connectivity index (χ0v) is 10.6. The summed E-state index contributed by atoms with van der Waals surface area (Å²) in [6.07, 6.45) is 0. The zero-order chi connectivity index (χ0) is 13.9. The first-order chi connectivity index (χ1) is 8.34. The van der Waals surface area contributed by atoms with Gasteiger partial charge in [-0.3, -0.25) is 10.1 Å². The number of aliphatic carboxylic acids is 1. The van der Waals surface area contributed by atoms with Crippen molar-refractivity contribution in [3.8, 4) is 0 Å². The van der Waals surface area contributed by atoms with Gasteiger partial charge in [0.05, 0.1) is 0 Å². The lowest BCUT2D eigenvalue weighted by atomic mass is 10.0. The monoisotopic (exact) mass is 257 g/mol. The minimum atomic E-state index is -1.01.